The third-order valence-electron chi connectivity index (χ3n) is 5.14. The molecule has 0 saturated carbocycles. The van der Waals surface area contributed by atoms with Crippen LogP contribution in [0.2, 0.25) is 0 Å². The second-order valence-electron chi connectivity index (χ2n) is 6.72. The molecule has 6 nitrogen and oxygen atoms in total. The normalized spacial score (nSPS) is 24.5. The number of imide groups is 1. The number of hydrogen-bond acceptors (Lipinski definition) is 4. The fourth-order valence-corrected chi connectivity index (χ4v) is 3.42. The van der Waals surface area contributed by atoms with Gasteiger partial charge in [-0.05, 0) is 33.0 Å². The highest BCUT2D eigenvalue weighted by Crippen LogP contribution is 2.23. The molecule has 0 N–H and O–H groups in total. The summed E-state index contributed by atoms with van der Waals surface area (Å²) >= 11 is 0. The first-order chi connectivity index (χ1) is 11.4. The lowest BCUT2D eigenvalue weighted by atomic mass is 10.1. The molecule has 6 heteroatoms. The van der Waals surface area contributed by atoms with Gasteiger partial charge in [-0.1, -0.05) is 12.1 Å². The van der Waals surface area contributed by atoms with Crippen molar-refractivity contribution in [3.63, 3.8) is 0 Å². The van der Waals surface area contributed by atoms with E-state index in [0.717, 1.165) is 0 Å². The van der Waals surface area contributed by atoms with E-state index in [9.17, 15) is 14.4 Å². The van der Waals surface area contributed by atoms with Crippen LogP contribution in [0.4, 0.5) is 0 Å². The van der Waals surface area contributed by atoms with Gasteiger partial charge in [-0.2, -0.15) is 0 Å². The van der Waals surface area contributed by atoms with E-state index in [4.69, 9.17) is 0 Å². The number of nitrogens with zero attached hydrogens (tertiary/aromatic N) is 3. The van der Waals surface area contributed by atoms with E-state index >= 15 is 0 Å². The Balaban J connectivity index is 1.62. The SMILES string of the molecule is CC1CN(C(=O)CCN2C(=O)c3ccccc3C2=O)CC(C)N1C. The van der Waals surface area contributed by atoms with Crippen molar-refractivity contribution in [1.82, 2.24) is 14.7 Å². The summed E-state index contributed by atoms with van der Waals surface area (Å²) in [4.78, 5) is 42.4. The Morgan fingerprint density at radius 3 is 2.04 bits per heavy atom. The number of fused-ring (bicyclic) bond motifs is 1. The van der Waals surface area contributed by atoms with Crippen LogP contribution in [0, 0.1) is 0 Å². The zero-order valence-electron chi connectivity index (χ0n) is 14.4. The molecule has 2 heterocycles. The van der Waals surface area contributed by atoms with Gasteiger partial charge >= 0.3 is 0 Å². The molecule has 1 saturated heterocycles. The summed E-state index contributed by atoms with van der Waals surface area (Å²) < 4.78 is 0. The van der Waals surface area contributed by atoms with Crippen molar-refractivity contribution >= 4 is 17.7 Å². The van der Waals surface area contributed by atoms with Gasteiger partial charge in [-0.3, -0.25) is 24.2 Å². The predicted octanol–water partition coefficient (Wildman–Crippen LogP) is 1.22. The molecule has 1 fully saturated rings. The van der Waals surface area contributed by atoms with E-state index in [1.165, 1.54) is 4.90 Å². The van der Waals surface area contributed by atoms with Crippen LogP contribution < -0.4 is 0 Å². The molecule has 2 aliphatic heterocycles. The average Bonchev–Trinajstić information content (AvgIpc) is 2.81. The molecule has 0 aromatic heterocycles. The van der Waals surface area contributed by atoms with E-state index in [2.05, 4.69) is 25.8 Å². The van der Waals surface area contributed by atoms with Crippen molar-refractivity contribution in [1.29, 1.82) is 0 Å². The fourth-order valence-electron chi connectivity index (χ4n) is 3.42. The Morgan fingerprint density at radius 1 is 1.04 bits per heavy atom. The molecule has 3 amide bonds. The largest absolute Gasteiger partial charge is 0.340 e. The Labute approximate surface area is 142 Å². The molecule has 1 aromatic carbocycles. The minimum atomic E-state index is -0.302. The first kappa shape index (κ1) is 16.6. The van der Waals surface area contributed by atoms with Crippen molar-refractivity contribution in [3.05, 3.63) is 35.4 Å². The minimum Gasteiger partial charge on any atom is -0.340 e. The summed E-state index contributed by atoms with van der Waals surface area (Å²) in [6, 6.07) is 7.40. The molecular weight excluding hydrogens is 306 g/mol. The number of benzene rings is 1. The maximum Gasteiger partial charge on any atom is 0.261 e. The quantitative estimate of drug-likeness (QED) is 0.783. The highest BCUT2D eigenvalue weighted by molar-refractivity contribution is 6.21. The molecule has 2 unspecified atom stereocenters. The van der Waals surface area contributed by atoms with E-state index in [1.807, 2.05) is 4.90 Å². The first-order valence-corrected chi connectivity index (χ1v) is 8.35. The van der Waals surface area contributed by atoms with Crippen molar-refractivity contribution < 1.29 is 14.4 Å². The zero-order chi connectivity index (χ0) is 17.4. The molecule has 0 spiro atoms. The second-order valence-corrected chi connectivity index (χ2v) is 6.72. The number of carbonyl (C=O) groups is 3. The molecule has 0 aliphatic carbocycles. The van der Waals surface area contributed by atoms with Crippen LogP contribution >= 0.6 is 0 Å². The van der Waals surface area contributed by atoms with Crippen LogP contribution in [0.25, 0.3) is 0 Å². The minimum absolute atomic E-state index is 0.00152. The molecule has 1 aromatic rings. The lowest BCUT2D eigenvalue weighted by molar-refractivity contribution is -0.135. The molecule has 24 heavy (non-hydrogen) atoms. The van der Waals surface area contributed by atoms with Gasteiger partial charge in [0.1, 0.15) is 0 Å². The van der Waals surface area contributed by atoms with Crippen LogP contribution in [0.5, 0.6) is 0 Å². The maximum atomic E-state index is 12.5. The molecule has 3 rings (SSSR count). The van der Waals surface area contributed by atoms with Crippen LogP contribution in [0.3, 0.4) is 0 Å². The van der Waals surface area contributed by atoms with Gasteiger partial charge in [0.05, 0.1) is 11.1 Å². The summed E-state index contributed by atoms with van der Waals surface area (Å²) in [5.74, 6) is -0.606. The summed E-state index contributed by atoms with van der Waals surface area (Å²) in [6.07, 6.45) is 0.175. The summed E-state index contributed by atoms with van der Waals surface area (Å²) in [5, 5.41) is 0. The Morgan fingerprint density at radius 2 is 1.54 bits per heavy atom. The third-order valence-corrected chi connectivity index (χ3v) is 5.14. The van der Waals surface area contributed by atoms with Crippen molar-refractivity contribution in [2.75, 3.05) is 26.7 Å². The van der Waals surface area contributed by atoms with Crippen LogP contribution in [0.1, 0.15) is 41.0 Å². The van der Waals surface area contributed by atoms with Crippen LogP contribution in [-0.4, -0.2) is 71.2 Å². The highest BCUT2D eigenvalue weighted by Gasteiger charge is 2.36. The molecular formula is C18H23N3O3. The Kier molecular flexibility index (Phi) is 4.41. The zero-order valence-corrected chi connectivity index (χ0v) is 14.4. The van der Waals surface area contributed by atoms with Gasteiger partial charge in [0.25, 0.3) is 11.8 Å². The van der Waals surface area contributed by atoms with Gasteiger partial charge in [0, 0.05) is 38.1 Å². The first-order valence-electron chi connectivity index (χ1n) is 8.35. The smallest absolute Gasteiger partial charge is 0.261 e. The van der Waals surface area contributed by atoms with Crippen molar-refractivity contribution in [3.8, 4) is 0 Å². The van der Waals surface area contributed by atoms with E-state index < -0.39 is 0 Å². The predicted molar refractivity (Wildman–Crippen MR) is 89.7 cm³/mol. The monoisotopic (exact) mass is 329 g/mol. The standard InChI is InChI=1S/C18H23N3O3/c1-12-10-20(11-13(2)19(12)3)16(22)8-9-21-17(23)14-6-4-5-7-15(14)18(21)24/h4-7,12-13H,8-11H2,1-3H3. The number of piperazine rings is 1. The number of likely N-dealkylation sites (N-methyl/N-ethyl adjacent to an activating group) is 1. The lowest BCUT2D eigenvalue weighted by Gasteiger charge is -2.42. The summed E-state index contributed by atoms with van der Waals surface area (Å²) in [6.45, 7) is 5.70. The van der Waals surface area contributed by atoms with Gasteiger partial charge in [0.15, 0.2) is 0 Å². The third kappa shape index (κ3) is 2.82. The van der Waals surface area contributed by atoms with Crippen LogP contribution in [0.15, 0.2) is 24.3 Å². The van der Waals surface area contributed by atoms with E-state index in [-0.39, 0.29) is 30.7 Å². The lowest BCUT2D eigenvalue weighted by Crippen LogP contribution is -2.56. The molecule has 2 aliphatic rings. The molecule has 2 atom stereocenters. The van der Waals surface area contributed by atoms with Gasteiger partial charge in [-0.15, -0.1) is 0 Å². The molecule has 128 valence electrons. The Hall–Kier alpha value is -2.21. The van der Waals surface area contributed by atoms with Gasteiger partial charge < -0.3 is 4.90 Å². The Bertz CT molecular complexity index is 641. The number of hydrogen-bond donors (Lipinski definition) is 0. The number of carbonyl (C=O) groups excluding carboxylic acids is 3. The average molecular weight is 329 g/mol. The maximum absolute atomic E-state index is 12.5. The topological polar surface area (TPSA) is 60.9 Å². The number of amides is 3. The van der Waals surface area contributed by atoms with Crippen molar-refractivity contribution in [2.45, 2.75) is 32.4 Å². The van der Waals surface area contributed by atoms with Gasteiger partial charge in [0.2, 0.25) is 5.91 Å². The summed E-state index contributed by atoms with van der Waals surface area (Å²) in [5.41, 5.74) is 0.855. The molecule has 0 radical (unpaired) electrons. The van der Waals surface area contributed by atoms with Crippen LogP contribution in [-0.2, 0) is 4.79 Å². The molecule has 0 bridgehead atoms. The van der Waals surface area contributed by atoms with E-state index in [1.54, 1.807) is 24.3 Å². The number of rotatable bonds is 3. The second kappa shape index (κ2) is 6.36. The summed E-state index contributed by atoms with van der Waals surface area (Å²) in [7, 11) is 2.07. The highest BCUT2D eigenvalue weighted by atomic mass is 16.2. The fraction of sp³-hybridized carbons (Fsp3) is 0.500. The van der Waals surface area contributed by atoms with Crippen molar-refractivity contribution in [2.24, 2.45) is 0 Å². The van der Waals surface area contributed by atoms with Gasteiger partial charge in [-0.25, -0.2) is 0 Å². The van der Waals surface area contributed by atoms with E-state index in [0.29, 0.717) is 36.3 Å².